The molecule has 0 saturated heterocycles. The number of nitrogens with zero attached hydrogens (tertiary/aromatic N) is 1. The molecule has 1 unspecified atom stereocenters. The maximum atomic E-state index is 13.8. The molecule has 2 aromatic carbocycles. The fourth-order valence-corrected chi connectivity index (χ4v) is 5.86. The van der Waals surface area contributed by atoms with Gasteiger partial charge in [0.05, 0.1) is 25.9 Å². The van der Waals surface area contributed by atoms with Crippen LogP contribution in [-0.2, 0) is 24.8 Å². The Kier molecular flexibility index (Phi) is 6.55. The van der Waals surface area contributed by atoms with E-state index in [9.17, 15) is 9.36 Å². The summed E-state index contributed by atoms with van der Waals surface area (Å²) in [6.07, 6.45) is 0.823. The van der Waals surface area contributed by atoms with Crippen LogP contribution in [0.1, 0.15) is 41.1 Å². The van der Waals surface area contributed by atoms with Gasteiger partial charge in [-0.1, -0.05) is 24.3 Å². The molecular weight excluding hydrogens is 377 g/mol. The summed E-state index contributed by atoms with van der Waals surface area (Å²) >= 11 is 0. The van der Waals surface area contributed by atoms with Crippen LogP contribution in [0, 0.1) is 0 Å². The predicted octanol–water partition coefficient (Wildman–Crippen LogP) is 4.80. The van der Waals surface area contributed by atoms with Crippen LogP contribution in [-0.4, -0.2) is 32.8 Å². The van der Waals surface area contributed by atoms with E-state index in [1.54, 1.807) is 12.1 Å². The summed E-state index contributed by atoms with van der Waals surface area (Å²) in [7, 11) is -2.10. The Balaban J connectivity index is 2.06. The molecule has 3 rings (SSSR count). The average molecular weight is 403 g/mol. The van der Waals surface area contributed by atoms with E-state index in [1.165, 1.54) is 7.11 Å². The van der Waals surface area contributed by atoms with Gasteiger partial charge in [0.2, 0.25) is 0 Å². The highest BCUT2D eigenvalue weighted by atomic mass is 31.2. The first-order chi connectivity index (χ1) is 13.5. The Hall–Kier alpha value is -2.14. The maximum Gasteiger partial charge on any atom is 0.357 e. The molecule has 0 radical (unpaired) electrons. The number of anilines is 1. The van der Waals surface area contributed by atoms with Crippen molar-refractivity contribution >= 4 is 19.3 Å². The van der Waals surface area contributed by atoms with Gasteiger partial charge < -0.3 is 18.7 Å². The van der Waals surface area contributed by atoms with Crippen LogP contribution < -0.4 is 4.90 Å². The van der Waals surface area contributed by atoms with E-state index in [0.29, 0.717) is 25.3 Å². The summed E-state index contributed by atoms with van der Waals surface area (Å²) in [5, 5.41) is 0. The quantitative estimate of drug-likeness (QED) is 0.489. The molecule has 0 bridgehead atoms. The first-order valence-electron chi connectivity index (χ1n) is 9.45. The Morgan fingerprint density at radius 1 is 1.07 bits per heavy atom. The minimum atomic E-state index is -3.45. The van der Waals surface area contributed by atoms with E-state index >= 15 is 0 Å². The third-order valence-electron chi connectivity index (χ3n) is 4.79. The molecule has 28 heavy (non-hydrogen) atoms. The summed E-state index contributed by atoms with van der Waals surface area (Å²) in [4.78, 5) is 13.8. The summed E-state index contributed by atoms with van der Waals surface area (Å²) < 4.78 is 30.0. The number of benzene rings is 2. The molecule has 6 nitrogen and oxygen atoms in total. The lowest BCUT2D eigenvalue weighted by Crippen LogP contribution is -2.36. The lowest BCUT2D eigenvalue weighted by atomic mass is 9.99. The van der Waals surface area contributed by atoms with Crippen molar-refractivity contribution in [2.45, 2.75) is 26.1 Å². The minimum absolute atomic E-state index is 0.297. The van der Waals surface area contributed by atoms with Gasteiger partial charge >= 0.3 is 13.6 Å². The number of rotatable bonds is 7. The number of hydrogen-bond donors (Lipinski definition) is 0. The second-order valence-corrected chi connectivity index (χ2v) is 8.51. The van der Waals surface area contributed by atoms with Gasteiger partial charge in [-0.15, -0.1) is 0 Å². The van der Waals surface area contributed by atoms with Gasteiger partial charge in [-0.05, 0) is 55.7 Å². The number of carbonyl (C=O) groups is 1. The van der Waals surface area contributed by atoms with Crippen molar-refractivity contribution in [1.29, 1.82) is 0 Å². The molecule has 1 atom stereocenters. The van der Waals surface area contributed by atoms with Gasteiger partial charge in [0.15, 0.2) is 5.78 Å². The molecule has 2 aromatic rings. The van der Waals surface area contributed by atoms with Crippen LogP contribution in [0.25, 0.3) is 0 Å². The topological polar surface area (TPSA) is 65.1 Å². The molecule has 0 fully saturated rings. The van der Waals surface area contributed by atoms with Crippen molar-refractivity contribution in [2.24, 2.45) is 0 Å². The van der Waals surface area contributed by atoms with E-state index in [-0.39, 0.29) is 5.97 Å². The predicted molar refractivity (Wildman–Crippen MR) is 109 cm³/mol. The number of esters is 1. The summed E-state index contributed by atoms with van der Waals surface area (Å²) in [6, 6.07) is 15.1. The number of carbonyl (C=O) groups excluding carboxylic acids is 1. The normalized spacial score (nSPS) is 16.5. The van der Waals surface area contributed by atoms with E-state index in [1.807, 2.05) is 44.2 Å². The van der Waals surface area contributed by atoms with Gasteiger partial charge in [-0.3, -0.25) is 4.57 Å². The van der Waals surface area contributed by atoms with Crippen molar-refractivity contribution in [1.82, 2.24) is 0 Å². The lowest BCUT2D eigenvalue weighted by molar-refractivity contribution is 0.0600. The molecule has 0 amide bonds. The highest BCUT2D eigenvalue weighted by Crippen LogP contribution is 2.64. The van der Waals surface area contributed by atoms with Crippen LogP contribution in [0.2, 0.25) is 0 Å². The van der Waals surface area contributed by atoms with Gasteiger partial charge in [0.1, 0.15) is 0 Å². The third-order valence-corrected chi connectivity index (χ3v) is 7.18. The highest BCUT2D eigenvalue weighted by molar-refractivity contribution is 7.54. The molecule has 0 aromatic heterocycles. The Morgan fingerprint density at radius 3 is 2.32 bits per heavy atom. The Labute approximate surface area is 165 Å². The molecule has 0 saturated carbocycles. The molecule has 150 valence electrons. The second kappa shape index (κ2) is 8.91. The molecule has 1 aliphatic heterocycles. The van der Waals surface area contributed by atoms with Crippen LogP contribution in [0.5, 0.6) is 0 Å². The van der Waals surface area contributed by atoms with Gasteiger partial charge in [0.25, 0.3) is 0 Å². The van der Waals surface area contributed by atoms with Gasteiger partial charge in [-0.2, -0.15) is 0 Å². The van der Waals surface area contributed by atoms with Gasteiger partial charge in [-0.25, -0.2) is 4.79 Å². The van der Waals surface area contributed by atoms with E-state index in [2.05, 4.69) is 11.0 Å². The van der Waals surface area contributed by atoms with Crippen LogP contribution in [0.3, 0.4) is 0 Å². The van der Waals surface area contributed by atoms with Crippen LogP contribution in [0.15, 0.2) is 48.5 Å². The minimum Gasteiger partial charge on any atom is -0.465 e. The molecule has 0 N–H and O–H groups in total. The first-order valence-corrected chi connectivity index (χ1v) is 11.1. The molecule has 1 heterocycles. The standard InChI is InChI=1S/C21H26NO5P/c1-4-26-28(24,27-5-2)20-19-9-7-6-8-16(19)14-15-22(20)18-12-10-17(11-13-18)21(23)25-3/h6-13,20H,4-5,14-15H2,1-3H3. The van der Waals surface area contributed by atoms with Crippen LogP contribution >= 0.6 is 7.60 Å². The molecule has 7 heteroatoms. The van der Waals surface area contributed by atoms with Gasteiger partial charge in [0, 0.05) is 12.2 Å². The first kappa shape index (κ1) is 20.6. The van der Waals surface area contributed by atoms with Crippen molar-refractivity contribution in [3.63, 3.8) is 0 Å². The SMILES string of the molecule is CCOP(=O)(OCC)C1c2ccccc2CCN1c1ccc(C(=O)OC)cc1. The monoisotopic (exact) mass is 403 g/mol. The summed E-state index contributed by atoms with van der Waals surface area (Å²) in [6.45, 7) is 4.89. The van der Waals surface area contributed by atoms with Crippen LogP contribution in [0.4, 0.5) is 5.69 Å². The maximum absolute atomic E-state index is 13.8. The zero-order valence-electron chi connectivity index (χ0n) is 16.5. The zero-order valence-corrected chi connectivity index (χ0v) is 17.4. The summed E-state index contributed by atoms with van der Waals surface area (Å²) in [5.41, 5.74) is 3.43. The smallest absolute Gasteiger partial charge is 0.357 e. The Morgan fingerprint density at radius 2 is 1.71 bits per heavy atom. The van der Waals surface area contributed by atoms with Crippen molar-refractivity contribution < 1.29 is 23.1 Å². The second-order valence-electron chi connectivity index (χ2n) is 6.43. The number of hydrogen-bond acceptors (Lipinski definition) is 6. The fraction of sp³-hybridized carbons (Fsp3) is 0.381. The number of methoxy groups -OCH3 is 1. The Bertz CT molecular complexity index is 857. The third kappa shape index (κ3) is 4.00. The van der Waals surface area contributed by atoms with Crippen molar-refractivity contribution in [3.8, 4) is 0 Å². The summed E-state index contributed by atoms with van der Waals surface area (Å²) in [5.74, 6) is -0.928. The van der Waals surface area contributed by atoms with E-state index in [4.69, 9.17) is 13.8 Å². The molecule has 0 aliphatic carbocycles. The fourth-order valence-electron chi connectivity index (χ4n) is 3.60. The number of fused-ring (bicyclic) bond motifs is 1. The average Bonchev–Trinajstić information content (AvgIpc) is 2.72. The lowest BCUT2D eigenvalue weighted by Gasteiger charge is -2.41. The largest absolute Gasteiger partial charge is 0.465 e. The molecule has 0 spiro atoms. The van der Waals surface area contributed by atoms with E-state index in [0.717, 1.165) is 23.2 Å². The highest BCUT2D eigenvalue weighted by Gasteiger charge is 2.44. The molecule has 1 aliphatic rings. The zero-order chi connectivity index (χ0) is 20.1. The number of ether oxygens (including phenoxy) is 1. The van der Waals surface area contributed by atoms with Crippen molar-refractivity contribution in [3.05, 3.63) is 65.2 Å². The van der Waals surface area contributed by atoms with Crippen molar-refractivity contribution in [2.75, 3.05) is 31.8 Å². The van der Waals surface area contributed by atoms with E-state index < -0.39 is 13.4 Å². The molecular formula is C21H26NO5P.